The second kappa shape index (κ2) is 8.01. The summed E-state index contributed by atoms with van der Waals surface area (Å²) in [6.07, 6.45) is 0.970. The Labute approximate surface area is 152 Å². The largest absolute Gasteiger partial charge is 0.486 e. The fourth-order valence-electron chi connectivity index (χ4n) is 2.88. The molecule has 0 amide bonds. The van der Waals surface area contributed by atoms with Gasteiger partial charge in [0.2, 0.25) is 0 Å². The van der Waals surface area contributed by atoms with Crippen molar-refractivity contribution in [2.75, 3.05) is 20.6 Å². The Hall–Kier alpha value is -2.86. The van der Waals surface area contributed by atoms with Gasteiger partial charge in [-0.15, -0.1) is 0 Å². The van der Waals surface area contributed by atoms with Crippen molar-refractivity contribution in [1.29, 1.82) is 0 Å². The fourth-order valence-corrected chi connectivity index (χ4v) is 2.88. The predicted molar refractivity (Wildman–Crippen MR) is 101 cm³/mol. The zero-order valence-electron chi connectivity index (χ0n) is 15.1. The topological polar surface area (TPSA) is 67.6 Å². The number of aryl methyl sites for hydroxylation is 1. The number of carbonyl (C=O) groups is 1. The highest BCUT2D eigenvalue weighted by Gasteiger charge is 2.14. The lowest BCUT2D eigenvalue weighted by Crippen LogP contribution is -2.16. The average Bonchev–Trinajstić information content (AvgIpc) is 2.97. The molecular formula is C20H23N3O3. The van der Waals surface area contributed by atoms with Gasteiger partial charge in [-0.3, -0.25) is 0 Å². The third-order valence-electron chi connectivity index (χ3n) is 4.17. The Morgan fingerprint density at radius 1 is 1.19 bits per heavy atom. The van der Waals surface area contributed by atoms with Crippen LogP contribution < -0.4 is 4.74 Å². The van der Waals surface area contributed by atoms with E-state index < -0.39 is 5.97 Å². The maximum absolute atomic E-state index is 11.2. The SMILES string of the molecule is CN(C)CCCn1c(COc2ccccc2)nc2cc(C(=O)O)ccc21. The molecule has 0 saturated carbocycles. The second-order valence-electron chi connectivity index (χ2n) is 6.45. The van der Waals surface area contributed by atoms with Gasteiger partial charge in [0.25, 0.3) is 0 Å². The Kier molecular flexibility index (Phi) is 5.53. The van der Waals surface area contributed by atoms with Crippen LogP contribution in [0.1, 0.15) is 22.6 Å². The zero-order valence-corrected chi connectivity index (χ0v) is 15.1. The molecule has 0 aliphatic heterocycles. The van der Waals surface area contributed by atoms with Crippen molar-refractivity contribution in [3.05, 3.63) is 59.9 Å². The van der Waals surface area contributed by atoms with E-state index in [1.807, 2.05) is 50.5 Å². The van der Waals surface area contributed by atoms with Crippen LogP contribution >= 0.6 is 0 Å². The van der Waals surface area contributed by atoms with Crippen LogP contribution in [0.4, 0.5) is 0 Å². The molecule has 26 heavy (non-hydrogen) atoms. The number of hydrogen-bond acceptors (Lipinski definition) is 4. The minimum absolute atomic E-state index is 0.242. The number of nitrogens with zero attached hydrogens (tertiary/aromatic N) is 3. The molecular weight excluding hydrogens is 330 g/mol. The molecule has 0 saturated heterocycles. The van der Waals surface area contributed by atoms with Gasteiger partial charge in [0.05, 0.1) is 16.6 Å². The molecule has 0 unspecified atom stereocenters. The number of carboxylic acids is 1. The summed E-state index contributed by atoms with van der Waals surface area (Å²) in [4.78, 5) is 18.0. The van der Waals surface area contributed by atoms with Crippen molar-refractivity contribution in [3.8, 4) is 5.75 Å². The van der Waals surface area contributed by atoms with Gasteiger partial charge in [0.15, 0.2) is 0 Å². The van der Waals surface area contributed by atoms with Crippen LogP contribution in [0.25, 0.3) is 11.0 Å². The number of para-hydroxylation sites is 1. The van der Waals surface area contributed by atoms with E-state index in [0.717, 1.165) is 36.6 Å². The van der Waals surface area contributed by atoms with Crippen molar-refractivity contribution in [1.82, 2.24) is 14.5 Å². The first kappa shape index (κ1) is 17.9. The number of aromatic carboxylic acids is 1. The van der Waals surface area contributed by atoms with Crippen molar-refractivity contribution in [2.24, 2.45) is 0 Å². The van der Waals surface area contributed by atoms with E-state index in [0.29, 0.717) is 12.1 Å². The molecule has 0 aliphatic carbocycles. The number of benzene rings is 2. The molecule has 0 aliphatic rings. The van der Waals surface area contributed by atoms with Crippen LogP contribution in [0, 0.1) is 0 Å². The summed E-state index contributed by atoms with van der Waals surface area (Å²) < 4.78 is 7.98. The second-order valence-corrected chi connectivity index (χ2v) is 6.45. The quantitative estimate of drug-likeness (QED) is 0.673. The standard InChI is InChI=1S/C20H23N3O3/c1-22(2)11-6-12-23-18-10-9-15(20(24)25)13-17(18)21-19(23)14-26-16-7-4-3-5-8-16/h3-5,7-10,13H,6,11-12,14H2,1-2H3,(H,24,25). The summed E-state index contributed by atoms with van der Waals surface area (Å²) in [5, 5.41) is 9.21. The van der Waals surface area contributed by atoms with Crippen LogP contribution in [-0.2, 0) is 13.2 Å². The molecule has 136 valence electrons. The molecule has 2 aromatic carbocycles. The number of fused-ring (bicyclic) bond motifs is 1. The van der Waals surface area contributed by atoms with E-state index in [9.17, 15) is 9.90 Å². The molecule has 6 nitrogen and oxygen atoms in total. The molecule has 0 bridgehead atoms. The molecule has 0 spiro atoms. The number of imidazole rings is 1. The third kappa shape index (κ3) is 4.21. The van der Waals surface area contributed by atoms with E-state index in [4.69, 9.17) is 4.74 Å². The van der Waals surface area contributed by atoms with Crippen LogP contribution in [0.3, 0.4) is 0 Å². The summed E-state index contributed by atoms with van der Waals surface area (Å²) in [5.41, 5.74) is 1.85. The van der Waals surface area contributed by atoms with Gasteiger partial charge in [-0.2, -0.15) is 0 Å². The zero-order chi connectivity index (χ0) is 18.5. The Morgan fingerprint density at radius 2 is 1.96 bits per heavy atom. The maximum atomic E-state index is 11.2. The van der Waals surface area contributed by atoms with Gasteiger partial charge >= 0.3 is 5.97 Å². The third-order valence-corrected chi connectivity index (χ3v) is 4.17. The average molecular weight is 353 g/mol. The highest BCUT2D eigenvalue weighted by molar-refractivity contribution is 5.92. The summed E-state index contributed by atoms with van der Waals surface area (Å²) in [6, 6.07) is 14.7. The fraction of sp³-hybridized carbons (Fsp3) is 0.300. The van der Waals surface area contributed by atoms with E-state index in [2.05, 4.69) is 14.5 Å². The van der Waals surface area contributed by atoms with Crippen molar-refractivity contribution in [2.45, 2.75) is 19.6 Å². The smallest absolute Gasteiger partial charge is 0.335 e. The lowest BCUT2D eigenvalue weighted by Gasteiger charge is -2.13. The number of hydrogen-bond donors (Lipinski definition) is 1. The molecule has 6 heteroatoms. The van der Waals surface area contributed by atoms with E-state index in [1.165, 1.54) is 0 Å². The van der Waals surface area contributed by atoms with E-state index in [-0.39, 0.29) is 5.56 Å². The molecule has 1 heterocycles. The first-order chi connectivity index (χ1) is 12.5. The van der Waals surface area contributed by atoms with Gasteiger partial charge in [0.1, 0.15) is 18.2 Å². The van der Waals surface area contributed by atoms with Crippen molar-refractivity contribution >= 4 is 17.0 Å². The van der Waals surface area contributed by atoms with Crippen LogP contribution in [0.5, 0.6) is 5.75 Å². The molecule has 1 N–H and O–H groups in total. The van der Waals surface area contributed by atoms with Gasteiger partial charge in [-0.1, -0.05) is 18.2 Å². The first-order valence-corrected chi connectivity index (χ1v) is 8.59. The predicted octanol–water partition coefficient (Wildman–Crippen LogP) is 3.27. The van der Waals surface area contributed by atoms with Gasteiger partial charge in [0, 0.05) is 6.54 Å². The molecule has 1 aromatic heterocycles. The monoisotopic (exact) mass is 353 g/mol. The minimum Gasteiger partial charge on any atom is -0.486 e. The number of ether oxygens (including phenoxy) is 1. The summed E-state index contributed by atoms with van der Waals surface area (Å²) >= 11 is 0. The Balaban J connectivity index is 1.88. The number of rotatable bonds is 8. The van der Waals surface area contributed by atoms with Gasteiger partial charge in [-0.05, 0) is 57.4 Å². The Bertz CT molecular complexity index is 888. The number of aromatic nitrogens is 2. The highest BCUT2D eigenvalue weighted by Crippen LogP contribution is 2.20. The lowest BCUT2D eigenvalue weighted by molar-refractivity contribution is 0.0697. The molecule has 0 radical (unpaired) electrons. The summed E-state index contributed by atoms with van der Waals surface area (Å²) in [5.74, 6) is 0.631. The van der Waals surface area contributed by atoms with Crippen LogP contribution in [0.2, 0.25) is 0 Å². The first-order valence-electron chi connectivity index (χ1n) is 8.59. The lowest BCUT2D eigenvalue weighted by atomic mass is 10.2. The molecule has 3 rings (SSSR count). The van der Waals surface area contributed by atoms with Gasteiger partial charge < -0.3 is 19.3 Å². The van der Waals surface area contributed by atoms with Crippen molar-refractivity contribution in [3.63, 3.8) is 0 Å². The normalized spacial score (nSPS) is 11.2. The summed E-state index contributed by atoms with van der Waals surface area (Å²) in [7, 11) is 4.09. The Morgan fingerprint density at radius 3 is 2.65 bits per heavy atom. The maximum Gasteiger partial charge on any atom is 0.335 e. The van der Waals surface area contributed by atoms with Crippen LogP contribution in [-0.4, -0.2) is 46.2 Å². The highest BCUT2D eigenvalue weighted by atomic mass is 16.5. The van der Waals surface area contributed by atoms with Gasteiger partial charge in [-0.25, -0.2) is 9.78 Å². The van der Waals surface area contributed by atoms with E-state index >= 15 is 0 Å². The van der Waals surface area contributed by atoms with Crippen LogP contribution in [0.15, 0.2) is 48.5 Å². The molecule has 0 fully saturated rings. The molecule has 0 atom stereocenters. The molecule has 3 aromatic rings. The number of carboxylic acid groups (broad SMARTS) is 1. The van der Waals surface area contributed by atoms with Crippen molar-refractivity contribution < 1.29 is 14.6 Å². The van der Waals surface area contributed by atoms with E-state index in [1.54, 1.807) is 12.1 Å². The summed E-state index contributed by atoms with van der Waals surface area (Å²) in [6.45, 7) is 2.10. The minimum atomic E-state index is -0.948.